The Morgan fingerprint density at radius 3 is 2.76 bits per heavy atom. The van der Waals surface area contributed by atoms with Crippen molar-refractivity contribution in [2.45, 2.75) is 31.9 Å². The number of carbonyl (C=O) groups excluding carboxylic acids is 1. The zero-order chi connectivity index (χ0) is 15.6. The molecule has 116 valence electrons. The molecule has 1 saturated heterocycles. The lowest BCUT2D eigenvalue weighted by Gasteiger charge is -2.38. The maximum atomic E-state index is 13.9. The van der Waals surface area contributed by atoms with Crippen LogP contribution in [-0.2, 0) is 4.74 Å². The van der Waals surface area contributed by atoms with Gasteiger partial charge in [0.25, 0.3) is 5.91 Å². The quantitative estimate of drug-likeness (QED) is 0.926. The Balaban J connectivity index is 2.25. The van der Waals surface area contributed by atoms with Gasteiger partial charge in [-0.05, 0) is 31.4 Å². The molecule has 0 spiro atoms. The van der Waals surface area contributed by atoms with Gasteiger partial charge in [-0.3, -0.25) is 4.79 Å². The van der Waals surface area contributed by atoms with Gasteiger partial charge in [0.2, 0.25) is 0 Å². The summed E-state index contributed by atoms with van der Waals surface area (Å²) >= 11 is 0. The van der Waals surface area contributed by atoms with E-state index in [1.807, 2.05) is 0 Å². The van der Waals surface area contributed by atoms with Crippen LogP contribution in [0.2, 0.25) is 0 Å². The second-order valence-electron chi connectivity index (χ2n) is 5.35. The van der Waals surface area contributed by atoms with E-state index in [2.05, 4.69) is 0 Å². The summed E-state index contributed by atoms with van der Waals surface area (Å²) in [6, 6.07) is 1.81. The normalized spacial score (nSPS) is 22.4. The molecule has 2 atom stereocenters. The molecule has 0 aromatic heterocycles. The molecule has 0 bridgehead atoms. The number of amides is 1. The Bertz CT molecular complexity index is 537. The standard InChI is InChI=1S/C15H20F2N2O2/c1-9-5-12(14(17)7-13(9)16)15(20)19-4-3-11(21-2)6-10(19)8-18/h5,7,10-11H,3-4,6,8,18H2,1-2H3. The monoisotopic (exact) mass is 298 g/mol. The number of ether oxygens (including phenoxy) is 1. The molecule has 2 N–H and O–H groups in total. The molecule has 1 aromatic rings. The number of carbonyl (C=O) groups is 1. The van der Waals surface area contributed by atoms with Crippen molar-refractivity contribution in [3.05, 3.63) is 34.9 Å². The Morgan fingerprint density at radius 1 is 1.43 bits per heavy atom. The van der Waals surface area contributed by atoms with Crippen molar-refractivity contribution in [1.29, 1.82) is 0 Å². The van der Waals surface area contributed by atoms with Crippen LogP contribution in [0.25, 0.3) is 0 Å². The molecule has 4 nitrogen and oxygen atoms in total. The smallest absolute Gasteiger partial charge is 0.257 e. The number of aryl methyl sites for hydroxylation is 1. The second kappa shape index (κ2) is 6.49. The second-order valence-corrected chi connectivity index (χ2v) is 5.35. The molecular formula is C15H20F2N2O2. The molecule has 6 heteroatoms. The molecular weight excluding hydrogens is 278 g/mol. The van der Waals surface area contributed by atoms with Gasteiger partial charge in [0.15, 0.2) is 0 Å². The Labute approximate surface area is 122 Å². The van der Waals surface area contributed by atoms with Gasteiger partial charge in [0, 0.05) is 32.3 Å². The number of likely N-dealkylation sites (tertiary alicyclic amines) is 1. The third kappa shape index (κ3) is 3.22. The minimum absolute atomic E-state index is 0.0578. The number of benzene rings is 1. The van der Waals surface area contributed by atoms with Crippen LogP contribution in [0.4, 0.5) is 8.78 Å². The predicted octanol–water partition coefficient (Wildman–Crippen LogP) is 1.85. The number of methoxy groups -OCH3 is 1. The van der Waals surface area contributed by atoms with Crippen molar-refractivity contribution < 1.29 is 18.3 Å². The van der Waals surface area contributed by atoms with Gasteiger partial charge < -0.3 is 15.4 Å². The zero-order valence-electron chi connectivity index (χ0n) is 12.2. The van der Waals surface area contributed by atoms with Crippen LogP contribution < -0.4 is 5.73 Å². The van der Waals surface area contributed by atoms with Gasteiger partial charge in [-0.25, -0.2) is 8.78 Å². The van der Waals surface area contributed by atoms with Crippen LogP contribution in [0.3, 0.4) is 0 Å². The van der Waals surface area contributed by atoms with Crippen molar-refractivity contribution in [2.75, 3.05) is 20.2 Å². The van der Waals surface area contributed by atoms with Crippen LogP contribution in [0.1, 0.15) is 28.8 Å². The van der Waals surface area contributed by atoms with E-state index in [-0.39, 0.29) is 29.8 Å². The highest BCUT2D eigenvalue weighted by Crippen LogP contribution is 2.23. The van der Waals surface area contributed by atoms with Crippen LogP contribution in [0, 0.1) is 18.6 Å². The fourth-order valence-corrected chi connectivity index (χ4v) is 2.69. The first-order valence-corrected chi connectivity index (χ1v) is 6.97. The average molecular weight is 298 g/mol. The van der Waals surface area contributed by atoms with Crippen LogP contribution >= 0.6 is 0 Å². The summed E-state index contributed by atoms with van der Waals surface area (Å²) < 4.78 is 32.5. The van der Waals surface area contributed by atoms with E-state index in [0.717, 1.165) is 6.07 Å². The van der Waals surface area contributed by atoms with Gasteiger partial charge >= 0.3 is 0 Å². The number of hydrogen-bond donors (Lipinski definition) is 1. The first-order chi connectivity index (χ1) is 9.97. The summed E-state index contributed by atoms with van der Waals surface area (Å²) in [5.74, 6) is -1.94. The van der Waals surface area contributed by atoms with E-state index < -0.39 is 17.5 Å². The fraction of sp³-hybridized carbons (Fsp3) is 0.533. The van der Waals surface area contributed by atoms with E-state index in [0.29, 0.717) is 19.4 Å². The third-order valence-corrected chi connectivity index (χ3v) is 4.01. The molecule has 21 heavy (non-hydrogen) atoms. The molecule has 1 amide bonds. The zero-order valence-corrected chi connectivity index (χ0v) is 12.2. The van der Waals surface area contributed by atoms with Gasteiger partial charge in [0.05, 0.1) is 11.7 Å². The molecule has 2 rings (SSSR count). The van der Waals surface area contributed by atoms with Crippen LogP contribution in [-0.4, -0.2) is 43.2 Å². The summed E-state index contributed by atoms with van der Waals surface area (Å²) in [4.78, 5) is 14.1. The molecule has 1 aliphatic rings. The van der Waals surface area contributed by atoms with Gasteiger partial charge in [-0.1, -0.05) is 0 Å². The van der Waals surface area contributed by atoms with Crippen molar-refractivity contribution in [1.82, 2.24) is 4.90 Å². The van der Waals surface area contributed by atoms with Crippen molar-refractivity contribution >= 4 is 5.91 Å². The Morgan fingerprint density at radius 2 is 2.14 bits per heavy atom. The predicted molar refractivity (Wildman–Crippen MR) is 75.0 cm³/mol. The van der Waals surface area contributed by atoms with E-state index in [1.54, 1.807) is 12.0 Å². The van der Waals surface area contributed by atoms with Gasteiger partial charge in [0.1, 0.15) is 11.6 Å². The van der Waals surface area contributed by atoms with E-state index in [1.165, 1.54) is 13.0 Å². The molecule has 0 radical (unpaired) electrons. The molecule has 1 fully saturated rings. The van der Waals surface area contributed by atoms with Crippen molar-refractivity contribution in [3.8, 4) is 0 Å². The number of hydrogen-bond acceptors (Lipinski definition) is 3. The maximum Gasteiger partial charge on any atom is 0.257 e. The summed E-state index contributed by atoms with van der Waals surface area (Å²) in [7, 11) is 1.62. The van der Waals surface area contributed by atoms with E-state index >= 15 is 0 Å². The van der Waals surface area contributed by atoms with Crippen molar-refractivity contribution in [2.24, 2.45) is 5.73 Å². The maximum absolute atomic E-state index is 13.9. The number of nitrogens with two attached hydrogens (primary N) is 1. The largest absolute Gasteiger partial charge is 0.381 e. The van der Waals surface area contributed by atoms with Gasteiger partial charge in [-0.2, -0.15) is 0 Å². The number of piperidine rings is 1. The SMILES string of the molecule is COC1CCN(C(=O)c2cc(C)c(F)cc2F)C(CN)C1. The van der Waals surface area contributed by atoms with Crippen molar-refractivity contribution in [3.63, 3.8) is 0 Å². The van der Waals surface area contributed by atoms with Crippen LogP contribution in [0.15, 0.2) is 12.1 Å². The minimum Gasteiger partial charge on any atom is -0.381 e. The lowest BCUT2D eigenvalue weighted by atomic mass is 9.97. The topological polar surface area (TPSA) is 55.6 Å². The molecule has 1 heterocycles. The molecule has 1 aliphatic heterocycles. The van der Waals surface area contributed by atoms with E-state index in [9.17, 15) is 13.6 Å². The lowest BCUT2D eigenvalue weighted by Crippen LogP contribution is -2.51. The summed E-state index contributed by atoms with van der Waals surface area (Å²) in [6.07, 6.45) is 1.36. The third-order valence-electron chi connectivity index (χ3n) is 4.01. The van der Waals surface area contributed by atoms with Crippen LogP contribution in [0.5, 0.6) is 0 Å². The molecule has 0 saturated carbocycles. The fourth-order valence-electron chi connectivity index (χ4n) is 2.69. The van der Waals surface area contributed by atoms with Gasteiger partial charge in [-0.15, -0.1) is 0 Å². The van der Waals surface area contributed by atoms with E-state index in [4.69, 9.17) is 10.5 Å². The highest BCUT2D eigenvalue weighted by atomic mass is 19.1. The highest BCUT2D eigenvalue weighted by molar-refractivity contribution is 5.95. The molecule has 2 unspecified atom stereocenters. The Kier molecular flexibility index (Phi) is 4.90. The minimum atomic E-state index is -0.840. The summed E-state index contributed by atoms with van der Waals surface area (Å²) in [5.41, 5.74) is 5.85. The summed E-state index contributed by atoms with van der Waals surface area (Å²) in [5, 5.41) is 0. The lowest BCUT2D eigenvalue weighted by molar-refractivity contribution is 0.0137. The molecule has 0 aliphatic carbocycles. The number of rotatable bonds is 3. The Hall–Kier alpha value is -1.53. The highest BCUT2D eigenvalue weighted by Gasteiger charge is 2.32. The number of nitrogens with zero attached hydrogens (tertiary/aromatic N) is 1. The molecule has 1 aromatic carbocycles. The average Bonchev–Trinajstić information content (AvgIpc) is 2.49. The first kappa shape index (κ1) is 15.9. The number of halogens is 2. The summed E-state index contributed by atoms with van der Waals surface area (Å²) in [6.45, 7) is 2.24. The first-order valence-electron chi connectivity index (χ1n) is 6.97.